The molecule has 144 valence electrons. The molecular weight excluding hydrogens is 354 g/mol. The minimum absolute atomic E-state index is 0.0493. The Morgan fingerprint density at radius 2 is 1.75 bits per heavy atom. The van der Waals surface area contributed by atoms with E-state index in [9.17, 15) is 9.59 Å². The van der Waals surface area contributed by atoms with Gasteiger partial charge in [0.15, 0.2) is 0 Å². The summed E-state index contributed by atoms with van der Waals surface area (Å²) in [5.74, 6) is 1.24. The molecular formula is C23H23NO4. The summed E-state index contributed by atoms with van der Waals surface area (Å²) in [6.07, 6.45) is 1.81. The molecule has 2 aliphatic carbocycles. The van der Waals surface area contributed by atoms with Gasteiger partial charge in [0.1, 0.15) is 17.6 Å². The van der Waals surface area contributed by atoms with Crippen molar-refractivity contribution in [1.82, 2.24) is 0 Å². The Hall–Kier alpha value is -2.82. The lowest BCUT2D eigenvalue weighted by Gasteiger charge is -2.23. The summed E-state index contributed by atoms with van der Waals surface area (Å²) in [5.41, 5.74) is 3.01. The molecule has 3 aliphatic rings. The summed E-state index contributed by atoms with van der Waals surface area (Å²) >= 11 is 0. The van der Waals surface area contributed by atoms with Gasteiger partial charge in [0.2, 0.25) is 5.91 Å². The fourth-order valence-corrected chi connectivity index (χ4v) is 5.32. The second-order valence-electron chi connectivity index (χ2n) is 8.36. The molecule has 1 amide bonds. The van der Waals surface area contributed by atoms with E-state index in [0.29, 0.717) is 11.4 Å². The van der Waals surface area contributed by atoms with Crippen molar-refractivity contribution >= 4 is 17.6 Å². The van der Waals surface area contributed by atoms with Gasteiger partial charge in [0, 0.05) is 11.6 Å². The van der Waals surface area contributed by atoms with Crippen LogP contribution in [0.2, 0.25) is 0 Å². The standard InChI is InChI=1S/C23H23NO4/c1-12-7-13(2)9-17(8-12)27-16-5-3-15(4-6-16)24-22(25)20-14-10-18-19(11-14)28-23(26)21(18)20/h3-9,14,18-21H,10-11H2,1-2H3,(H,24,25)/t14-,18-,19-,20+,21+/m1/s1. The maximum Gasteiger partial charge on any atom is 0.310 e. The van der Waals surface area contributed by atoms with Crippen LogP contribution in [0.25, 0.3) is 0 Å². The van der Waals surface area contributed by atoms with Gasteiger partial charge in [-0.05, 0) is 80.1 Å². The van der Waals surface area contributed by atoms with E-state index in [4.69, 9.17) is 9.47 Å². The van der Waals surface area contributed by atoms with Gasteiger partial charge >= 0.3 is 5.97 Å². The minimum atomic E-state index is -0.262. The van der Waals surface area contributed by atoms with Crippen LogP contribution in [0.1, 0.15) is 24.0 Å². The fourth-order valence-electron chi connectivity index (χ4n) is 5.32. The number of hydrogen-bond acceptors (Lipinski definition) is 4. The normalized spacial score (nSPS) is 29.6. The number of anilines is 1. The lowest BCUT2D eigenvalue weighted by atomic mass is 9.79. The van der Waals surface area contributed by atoms with E-state index in [1.54, 1.807) is 0 Å². The number of ether oxygens (including phenoxy) is 2. The van der Waals surface area contributed by atoms with E-state index in [0.717, 1.165) is 29.7 Å². The van der Waals surface area contributed by atoms with Gasteiger partial charge in [0.05, 0.1) is 11.8 Å². The zero-order valence-corrected chi connectivity index (χ0v) is 16.0. The third-order valence-electron chi connectivity index (χ3n) is 6.34. The number of carbonyl (C=O) groups excluding carboxylic acids is 2. The van der Waals surface area contributed by atoms with Gasteiger partial charge < -0.3 is 14.8 Å². The van der Waals surface area contributed by atoms with Crippen LogP contribution in [-0.4, -0.2) is 18.0 Å². The van der Waals surface area contributed by atoms with Crippen molar-refractivity contribution in [2.75, 3.05) is 5.32 Å². The molecule has 3 fully saturated rings. The first-order valence-electron chi connectivity index (χ1n) is 9.85. The summed E-state index contributed by atoms with van der Waals surface area (Å²) in [7, 11) is 0. The number of benzene rings is 2. The van der Waals surface area contributed by atoms with Crippen LogP contribution in [-0.2, 0) is 14.3 Å². The molecule has 2 aromatic rings. The van der Waals surface area contributed by atoms with Crippen LogP contribution in [0.3, 0.4) is 0 Å². The Kier molecular flexibility index (Phi) is 3.93. The highest BCUT2D eigenvalue weighted by molar-refractivity contribution is 5.97. The molecule has 2 bridgehead atoms. The highest BCUT2D eigenvalue weighted by Crippen LogP contribution is 2.57. The number of nitrogens with one attached hydrogen (secondary N) is 1. The smallest absolute Gasteiger partial charge is 0.310 e. The molecule has 0 unspecified atom stereocenters. The Morgan fingerprint density at radius 1 is 1.04 bits per heavy atom. The molecule has 5 atom stereocenters. The number of amides is 1. The predicted octanol–water partition coefficient (Wildman–Crippen LogP) is 4.23. The van der Waals surface area contributed by atoms with E-state index in [1.165, 1.54) is 0 Å². The summed E-state index contributed by atoms with van der Waals surface area (Å²) in [6, 6.07) is 13.4. The Bertz CT molecular complexity index is 929. The van der Waals surface area contributed by atoms with Gasteiger partial charge in [-0.15, -0.1) is 0 Å². The molecule has 5 nitrogen and oxygen atoms in total. The largest absolute Gasteiger partial charge is 0.462 e. The third-order valence-corrected chi connectivity index (χ3v) is 6.34. The molecule has 1 saturated heterocycles. The van der Waals surface area contributed by atoms with Gasteiger partial charge in [-0.2, -0.15) is 0 Å². The number of rotatable bonds is 4. The summed E-state index contributed by atoms with van der Waals surface area (Å²) in [6.45, 7) is 4.08. The van der Waals surface area contributed by atoms with E-state index in [1.807, 2.05) is 50.2 Å². The SMILES string of the molecule is Cc1cc(C)cc(Oc2ccc(NC(=O)[C@H]3[C@@H]4C[C@H]5[C@@H]3C(=O)O[C@@H]5C4)cc2)c1. The Morgan fingerprint density at radius 3 is 2.46 bits per heavy atom. The highest BCUT2D eigenvalue weighted by atomic mass is 16.6. The van der Waals surface area contributed by atoms with E-state index >= 15 is 0 Å². The van der Waals surface area contributed by atoms with Crippen molar-refractivity contribution < 1.29 is 19.1 Å². The topological polar surface area (TPSA) is 64.6 Å². The average Bonchev–Trinajstić information content (AvgIpc) is 3.25. The highest BCUT2D eigenvalue weighted by Gasteiger charge is 2.63. The first-order valence-corrected chi connectivity index (χ1v) is 9.85. The van der Waals surface area contributed by atoms with Crippen molar-refractivity contribution in [3.63, 3.8) is 0 Å². The van der Waals surface area contributed by atoms with Crippen LogP contribution in [0.4, 0.5) is 5.69 Å². The van der Waals surface area contributed by atoms with Gasteiger partial charge in [-0.25, -0.2) is 0 Å². The average molecular weight is 377 g/mol. The first kappa shape index (κ1) is 17.3. The molecule has 5 heteroatoms. The molecule has 0 radical (unpaired) electrons. The molecule has 2 aromatic carbocycles. The summed E-state index contributed by atoms with van der Waals surface area (Å²) in [4.78, 5) is 24.9. The predicted molar refractivity (Wildman–Crippen MR) is 104 cm³/mol. The zero-order valence-electron chi connectivity index (χ0n) is 16.0. The molecule has 5 rings (SSSR count). The number of aryl methyl sites for hydroxylation is 2. The Balaban J connectivity index is 1.26. The first-order chi connectivity index (χ1) is 13.5. The molecule has 28 heavy (non-hydrogen) atoms. The van der Waals surface area contributed by atoms with Gasteiger partial charge in [-0.3, -0.25) is 9.59 Å². The fraction of sp³-hybridized carbons (Fsp3) is 0.391. The minimum Gasteiger partial charge on any atom is -0.462 e. The molecule has 0 spiro atoms. The third kappa shape index (κ3) is 2.86. The lowest BCUT2D eigenvalue weighted by Crippen LogP contribution is -2.35. The number of hydrogen-bond donors (Lipinski definition) is 1. The van der Waals surface area contributed by atoms with Crippen molar-refractivity contribution in [1.29, 1.82) is 0 Å². The van der Waals surface area contributed by atoms with E-state index in [2.05, 4.69) is 11.4 Å². The van der Waals surface area contributed by atoms with E-state index in [-0.39, 0.29) is 41.7 Å². The molecule has 1 aliphatic heterocycles. The second-order valence-corrected chi connectivity index (χ2v) is 8.36. The van der Waals surface area contributed by atoms with Crippen LogP contribution >= 0.6 is 0 Å². The molecule has 1 heterocycles. The van der Waals surface area contributed by atoms with Crippen LogP contribution in [0.15, 0.2) is 42.5 Å². The lowest BCUT2D eigenvalue weighted by molar-refractivity contribution is -0.145. The van der Waals surface area contributed by atoms with Crippen LogP contribution in [0, 0.1) is 37.5 Å². The molecule has 1 N–H and O–H groups in total. The van der Waals surface area contributed by atoms with Gasteiger partial charge in [0.25, 0.3) is 0 Å². The number of fused-ring (bicyclic) bond motifs is 1. The Labute approximate surface area is 164 Å². The zero-order chi connectivity index (χ0) is 19.4. The quantitative estimate of drug-likeness (QED) is 0.810. The molecule has 0 aromatic heterocycles. The van der Waals surface area contributed by atoms with Gasteiger partial charge in [-0.1, -0.05) is 6.07 Å². The number of esters is 1. The second kappa shape index (κ2) is 6.36. The van der Waals surface area contributed by atoms with Crippen molar-refractivity contribution in [2.24, 2.45) is 23.7 Å². The van der Waals surface area contributed by atoms with Crippen LogP contribution in [0.5, 0.6) is 11.5 Å². The summed E-state index contributed by atoms with van der Waals surface area (Å²) < 4.78 is 11.3. The maximum atomic E-state index is 12.8. The number of carbonyl (C=O) groups is 2. The van der Waals surface area contributed by atoms with Crippen LogP contribution < -0.4 is 10.1 Å². The molecule has 2 saturated carbocycles. The monoisotopic (exact) mass is 377 g/mol. The van der Waals surface area contributed by atoms with Crippen molar-refractivity contribution in [3.05, 3.63) is 53.6 Å². The van der Waals surface area contributed by atoms with E-state index < -0.39 is 0 Å². The van der Waals surface area contributed by atoms with Crippen molar-refractivity contribution in [3.8, 4) is 11.5 Å². The summed E-state index contributed by atoms with van der Waals surface area (Å²) in [5, 5.41) is 2.98. The maximum absolute atomic E-state index is 12.8. The van der Waals surface area contributed by atoms with Crippen molar-refractivity contribution in [2.45, 2.75) is 32.8 Å².